The minimum Gasteiger partial charge on any atom is -0.548 e. The number of alkyl halides is 3. The Hall–Kier alpha value is -0.780. The molecule has 0 aromatic heterocycles. The second-order valence-corrected chi connectivity index (χ2v) is 2.08. The lowest BCUT2D eigenvalue weighted by molar-refractivity contribution is -0.307. The highest BCUT2D eigenvalue weighted by Gasteiger charge is 2.27. The van der Waals surface area contributed by atoms with E-state index >= 15 is 0 Å². The second-order valence-electron chi connectivity index (χ2n) is 2.08. The quantitative estimate of drug-likeness (QED) is 0.615. The highest BCUT2D eigenvalue weighted by Crippen LogP contribution is 2.21. The molecule has 0 heterocycles. The van der Waals surface area contributed by atoms with E-state index in [9.17, 15) is 23.1 Å². The van der Waals surface area contributed by atoms with Gasteiger partial charge in [-0.15, -0.1) is 0 Å². The molecule has 0 fully saturated rings. The third kappa shape index (κ3) is 5.65. The molecule has 0 spiro atoms. The fourth-order valence-corrected chi connectivity index (χ4v) is 0.437. The Morgan fingerprint density at radius 1 is 1.55 bits per heavy atom. The van der Waals surface area contributed by atoms with E-state index in [0.717, 1.165) is 0 Å². The molecule has 1 unspecified atom stereocenters. The fraction of sp³-hybridized carbons (Fsp3) is 0.800. The van der Waals surface area contributed by atoms with E-state index in [1.807, 2.05) is 0 Å². The lowest BCUT2D eigenvalue weighted by atomic mass is 10.2. The van der Waals surface area contributed by atoms with Crippen LogP contribution in [0.2, 0.25) is 0 Å². The summed E-state index contributed by atoms with van der Waals surface area (Å²) in [6, 6.07) is -1.53. The van der Waals surface area contributed by atoms with Crippen LogP contribution in [0.25, 0.3) is 0 Å². The Kier molecular flexibility index (Phi) is 3.31. The highest BCUT2D eigenvalue weighted by atomic mass is 19.4. The summed E-state index contributed by atoms with van der Waals surface area (Å²) in [4.78, 5) is 9.81. The van der Waals surface area contributed by atoms with Gasteiger partial charge in [0, 0.05) is 12.5 Å². The molecule has 0 amide bonds. The fourth-order valence-electron chi connectivity index (χ4n) is 0.437. The van der Waals surface area contributed by atoms with Crippen LogP contribution in [0.15, 0.2) is 0 Å². The van der Waals surface area contributed by atoms with E-state index in [-0.39, 0.29) is 0 Å². The zero-order chi connectivity index (χ0) is 9.07. The van der Waals surface area contributed by atoms with Gasteiger partial charge < -0.3 is 15.6 Å². The molecule has 0 radical (unpaired) electrons. The van der Waals surface area contributed by atoms with E-state index in [1.165, 1.54) is 0 Å². The van der Waals surface area contributed by atoms with Gasteiger partial charge in [0.25, 0.3) is 0 Å². The van der Waals surface area contributed by atoms with Crippen LogP contribution >= 0.6 is 0 Å². The minimum atomic E-state index is -4.35. The van der Waals surface area contributed by atoms with E-state index in [1.54, 1.807) is 0 Å². The highest BCUT2D eigenvalue weighted by molar-refractivity contribution is 5.70. The van der Waals surface area contributed by atoms with Crippen LogP contribution in [0.5, 0.6) is 0 Å². The number of hydrogen-bond acceptors (Lipinski definition) is 3. The van der Waals surface area contributed by atoms with Crippen LogP contribution in [0, 0.1) is 0 Å². The van der Waals surface area contributed by atoms with Gasteiger partial charge in [0.05, 0.1) is 5.97 Å². The van der Waals surface area contributed by atoms with E-state index in [4.69, 9.17) is 5.73 Å². The molecule has 0 saturated carbocycles. The van der Waals surface area contributed by atoms with Gasteiger partial charge in [0.2, 0.25) is 0 Å². The second kappa shape index (κ2) is 3.56. The van der Waals surface area contributed by atoms with Crippen molar-refractivity contribution in [3.8, 4) is 0 Å². The molecule has 0 aromatic carbocycles. The number of aliphatic carboxylic acids is 1. The van der Waals surface area contributed by atoms with Crippen molar-refractivity contribution in [1.82, 2.24) is 0 Å². The molecule has 3 nitrogen and oxygen atoms in total. The van der Waals surface area contributed by atoms with Crippen molar-refractivity contribution in [1.29, 1.82) is 0 Å². The van der Waals surface area contributed by atoms with Crippen LogP contribution in [0.1, 0.15) is 12.8 Å². The summed E-state index contributed by atoms with van der Waals surface area (Å²) in [7, 11) is 0. The molecule has 11 heavy (non-hydrogen) atoms. The third-order valence-corrected chi connectivity index (χ3v) is 1.04. The monoisotopic (exact) mass is 170 g/mol. The van der Waals surface area contributed by atoms with E-state index in [0.29, 0.717) is 0 Å². The van der Waals surface area contributed by atoms with Crippen molar-refractivity contribution < 1.29 is 23.1 Å². The molecule has 0 aliphatic rings. The summed E-state index contributed by atoms with van der Waals surface area (Å²) >= 11 is 0. The molecular formula is C5H7F3NO2-. The molecule has 0 bridgehead atoms. The molecule has 1 atom stereocenters. The molecule has 2 N–H and O–H groups in total. The molecule has 0 aliphatic heterocycles. The Bertz CT molecular complexity index is 145. The molecule has 0 aromatic rings. The average Bonchev–Trinajstić information content (AvgIpc) is 1.80. The van der Waals surface area contributed by atoms with Crippen LogP contribution in [0.4, 0.5) is 13.2 Å². The maximum Gasteiger partial charge on any atom is 0.389 e. The number of halogens is 3. The van der Waals surface area contributed by atoms with Gasteiger partial charge in [-0.25, -0.2) is 0 Å². The molecule has 66 valence electrons. The first-order valence-electron chi connectivity index (χ1n) is 2.86. The maximum absolute atomic E-state index is 11.4. The van der Waals surface area contributed by atoms with E-state index in [2.05, 4.69) is 0 Å². The van der Waals surface area contributed by atoms with Crippen LogP contribution < -0.4 is 10.8 Å². The molecule has 0 rings (SSSR count). The van der Waals surface area contributed by atoms with Gasteiger partial charge in [-0.1, -0.05) is 0 Å². The Balaban J connectivity index is 3.63. The minimum absolute atomic E-state index is 0.633. The average molecular weight is 170 g/mol. The number of carboxylic acids is 1. The van der Waals surface area contributed by atoms with Crippen LogP contribution in [-0.2, 0) is 4.79 Å². The SMILES string of the molecule is NC(CCC(F)(F)F)C(=O)[O-]. The normalized spacial score (nSPS) is 14.5. The van der Waals surface area contributed by atoms with Gasteiger partial charge in [-0.3, -0.25) is 0 Å². The Morgan fingerprint density at radius 2 is 2.00 bits per heavy atom. The maximum atomic E-state index is 11.4. The van der Waals surface area contributed by atoms with Gasteiger partial charge in [0.1, 0.15) is 0 Å². The number of carbonyl (C=O) groups excluding carboxylic acids is 1. The zero-order valence-corrected chi connectivity index (χ0v) is 5.52. The van der Waals surface area contributed by atoms with Gasteiger partial charge in [0.15, 0.2) is 0 Å². The van der Waals surface area contributed by atoms with E-state index < -0.39 is 31.0 Å². The van der Waals surface area contributed by atoms with Crippen LogP contribution in [0.3, 0.4) is 0 Å². The van der Waals surface area contributed by atoms with Gasteiger partial charge in [-0.05, 0) is 6.42 Å². The van der Waals surface area contributed by atoms with Crippen molar-refractivity contribution in [2.24, 2.45) is 5.73 Å². The lowest BCUT2D eigenvalue weighted by Crippen LogP contribution is -2.42. The number of carbonyl (C=O) groups is 1. The van der Waals surface area contributed by atoms with Crippen molar-refractivity contribution in [3.63, 3.8) is 0 Å². The standard InChI is InChI=1S/C5H8F3NO2/c6-5(7,8)2-1-3(9)4(10)11/h3H,1-2,9H2,(H,10,11)/p-1. The number of carboxylic acid groups (broad SMARTS) is 1. The lowest BCUT2D eigenvalue weighted by Gasteiger charge is -2.13. The molecule has 6 heteroatoms. The third-order valence-electron chi connectivity index (χ3n) is 1.04. The van der Waals surface area contributed by atoms with Gasteiger partial charge >= 0.3 is 6.18 Å². The van der Waals surface area contributed by atoms with Crippen molar-refractivity contribution in [3.05, 3.63) is 0 Å². The molecule has 0 saturated heterocycles. The van der Waals surface area contributed by atoms with Crippen molar-refractivity contribution in [2.45, 2.75) is 25.1 Å². The zero-order valence-electron chi connectivity index (χ0n) is 5.52. The summed E-state index contributed by atoms with van der Waals surface area (Å²) in [6.07, 6.45) is -6.18. The first-order chi connectivity index (χ1) is 4.83. The predicted molar refractivity (Wildman–Crippen MR) is 28.3 cm³/mol. The number of rotatable bonds is 3. The first kappa shape index (κ1) is 10.2. The van der Waals surface area contributed by atoms with Crippen molar-refractivity contribution in [2.75, 3.05) is 0 Å². The number of hydrogen-bond donors (Lipinski definition) is 1. The predicted octanol–water partition coefficient (Wildman–Crippen LogP) is -0.594. The molecular weight excluding hydrogens is 163 g/mol. The molecule has 0 aliphatic carbocycles. The Morgan fingerprint density at radius 3 is 2.27 bits per heavy atom. The van der Waals surface area contributed by atoms with Crippen molar-refractivity contribution >= 4 is 5.97 Å². The summed E-state index contributed by atoms with van der Waals surface area (Å²) < 4.78 is 34.2. The smallest absolute Gasteiger partial charge is 0.389 e. The summed E-state index contributed by atoms with van der Waals surface area (Å²) in [5.74, 6) is -1.66. The summed E-state index contributed by atoms with van der Waals surface area (Å²) in [5.41, 5.74) is 4.76. The number of nitrogens with two attached hydrogens (primary N) is 1. The largest absolute Gasteiger partial charge is 0.548 e. The first-order valence-corrected chi connectivity index (χ1v) is 2.86. The Labute approximate surface area is 61.0 Å². The summed E-state index contributed by atoms with van der Waals surface area (Å²) in [6.45, 7) is 0. The van der Waals surface area contributed by atoms with Gasteiger partial charge in [-0.2, -0.15) is 13.2 Å². The summed E-state index contributed by atoms with van der Waals surface area (Å²) in [5, 5.41) is 9.81. The van der Waals surface area contributed by atoms with Crippen LogP contribution in [-0.4, -0.2) is 18.2 Å². The topological polar surface area (TPSA) is 66.2 Å².